The molecule has 0 radical (unpaired) electrons. The minimum atomic E-state index is -0.667. The molecule has 0 spiro atoms. The highest BCUT2D eigenvalue weighted by Gasteiger charge is 2.36. The standard InChI is InChI=1S/C31H36O8/c1-18(2)37-24-14-13-20(15-25(24)36-4)23-17-27(33)39-26-16-21-10-6-5-7-11-22(32)12-8-9-19(3)38-31(35)28(21)30(34)29(23)26/h6,10,13-16,18-19,23,34H,5,7-9,11-12,17H2,1-4H3/t19-,23-/m1/s1. The summed E-state index contributed by atoms with van der Waals surface area (Å²) in [7, 11) is 1.54. The van der Waals surface area contributed by atoms with E-state index in [0.717, 1.165) is 0 Å². The van der Waals surface area contributed by atoms with Gasteiger partial charge >= 0.3 is 11.9 Å². The maximum absolute atomic E-state index is 13.4. The Bertz CT molecular complexity index is 1280. The van der Waals surface area contributed by atoms with Gasteiger partial charge in [-0.3, -0.25) is 9.59 Å². The molecule has 0 amide bonds. The first-order chi connectivity index (χ1) is 18.7. The Kier molecular flexibility index (Phi) is 8.94. The van der Waals surface area contributed by atoms with Crippen molar-refractivity contribution in [2.75, 3.05) is 7.11 Å². The summed E-state index contributed by atoms with van der Waals surface area (Å²) < 4.78 is 22.6. The lowest BCUT2D eigenvalue weighted by atomic mass is 9.83. The van der Waals surface area contributed by atoms with E-state index in [2.05, 4.69) is 0 Å². The normalized spacial score (nSPS) is 20.4. The van der Waals surface area contributed by atoms with E-state index >= 15 is 0 Å². The highest BCUT2D eigenvalue weighted by atomic mass is 16.5. The number of ether oxygens (including phenoxy) is 4. The Morgan fingerprint density at radius 3 is 2.56 bits per heavy atom. The number of phenols is 1. The van der Waals surface area contributed by atoms with Crippen LogP contribution >= 0.6 is 0 Å². The number of methoxy groups -OCH3 is 1. The second-order valence-corrected chi connectivity index (χ2v) is 10.4. The molecule has 2 aromatic carbocycles. The number of esters is 2. The quantitative estimate of drug-likeness (QED) is 0.368. The Morgan fingerprint density at radius 1 is 1.05 bits per heavy atom. The van der Waals surface area contributed by atoms with Crippen LogP contribution in [0.3, 0.4) is 0 Å². The third kappa shape index (κ3) is 6.61. The van der Waals surface area contributed by atoms with Crippen molar-refractivity contribution in [3.63, 3.8) is 0 Å². The van der Waals surface area contributed by atoms with Gasteiger partial charge in [0.05, 0.1) is 25.7 Å². The van der Waals surface area contributed by atoms with Gasteiger partial charge in [-0.2, -0.15) is 0 Å². The minimum Gasteiger partial charge on any atom is -0.507 e. The molecule has 0 unspecified atom stereocenters. The van der Waals surface area contributed by atoms with Gasteiger partial charge in [0.2, 0.25) is 0 Å². The van der Waals surface area contributed by atoms with E-state index in [0.29, 0.717) is 66.7 Å². The molecule has 0 aromatic heterocycles. The van der Waals surface area contributed by atoms with E-state index in [1.54, 1.807) is 31.2 Å². The van der Waals surface area contributed by atoms with Crippen molar-refractivity contribution in [1.29, 1.82) is 0 Å². The van der Waals surface area contributed by atoms with Crippen molar-refractivity contribution in [3.8, 4) is 23.0 Å². The topological polar surface area (TPSA) is 108 Å². The number of phenolic OH excluding ortho intramolecular Hbond substituents is 1. The summed E-state index contributed by atoms with van der Waals surface area (Å²) in [6.07, 6.45) is 6.46. The molecular formula is C31H36O8. The van der Waals surface area contributed by atoms with Crippen LogP contribution in [0.4, 0.5) is 0 Å². The molecule has 0 fully saturated rings. The van der Waals surface area contributed by atoms with Crippen LogP contribution in [-0.2, 0) is 14.3 Å². The van der Waals surface area contributed by atoms with Crippen molar-refractivity contribution in [1.82, 2.24) is 0 Å². The Hall–Kier alpha value is -3.81. The van der Waals surface area contributed by atoms with Gasteiger partial charge in [-0.25, -0.2) is 4.79 Å². The van der Waals surface area contributed by atoms with Crippen LogP contribution in [0.1, 0.15) is 98.7 Å². The molecule has 0 bridgehead atoms. The first-order valence-corrected chi connectivity index (χ1v) is 13.5. The summed E-state index contributed by atoms with van der Waals surface area (Å²) in [6, 6.07) is 6.97. The second-order valence-electron chi connectivity index (χ2n) is 10.4. The summed E-state index contributed by atoms with van der Waals surface area (Å²) in [5.41, 5.74) is 1.47. The summed E-state index contributed by atoms with van der Waals surface area (Å²) in [6.45, 7) is 5.60. The number of ketones is 1. The average molecular weight is 537 g/mol. The van der Waals surface area contributed by atoms with Gasteiger partial charge < -0.3 is 24.1 Å². The molecule has 2 aliphatic heterocycles. The molecule has 208 valence electrons. The average Bonchev–Trinajstić information content (AvgIpc) is 2.87. The third-order valence-corrected chi connectivity index (χ3v) is 6.93. The number of Topliss-reactive ketones (excluding diaryl/α,β-unsaturated/α-hetero) is 1. The molecule has 0 aliphatic carbocycles. The smallest absolute Gasteiger partial charge is 0.342 e. The lowest BCUT2D eigenvalue weighted by Gasteiger charge is -2.28. The Morgan fingerprint density at radius 2 is 1.82 bits per heavy atom. The van der Waals surface area contributed by atoms with Crippen molar-refractivity contribution in [2.45, 2.75) is 83.8 Å². The first kappa shape index (κ1) is 28.2. The summed E-state index contributed by atoms with van der Waals surface area (Å²) in [5.74, 6) is -0.526. The fourth-order valence-corrected chi connectivity index (χ4v) is 5.06. The van der Waals surface area contributed by atoms with Crippen molar-refractivity contribution in [2.24, 2.45) is 0 Å². The van der Waals surface area contributed by atoms with Crippen LogP contribution in [0.2, 0.25) is 0 Å². The Balaban J connectivity index is 1.80. The van der Waals surface area contributed by atoms with Gasteiger partial charge in [-0.1, -0.05) is 18.2 Å². The zero-order valence-electron chi connectivity index (χ0n) is 23.0. The predicted molar refractivity (Wildman–Crippen MR) is 146 cm³/mol. The van der Waals surface area contributed by atoms with Crippen LogP contribution in [0.25, 0.3) is 6.08 Å². The number of allylic oxidation sites excluding steroid dienone is 1. The van der Waals surface area contributed by atoms with Gasteiger partial charge in [-0.15, -0.1) is 0 Å². The van der Waals surface area contributed by atoms with E-state index < -0.39 is 24.0 Å². The lowest BCUT2D eigenvalue weighted by molar-refractivity contribution is -0.135. The van der Waals surface area contributed by atoms with Gasteiger partial charge in [0, 0.05) is 24.3 Å². The number of cyclic esters (lactones) is 1. The summed E-state index contributed by atoms with van der Waals surface area (Å²) in [4.78, 5) is 38.1. The number of aromatic hydroxyl groups is 1. The van der Waals surface area contributed by atoms with E-state index in [1.165, 1.54) is 7.11 Å². The van der Waals surface area contributed by atoms with E-state index in [9.17, 15) is 19.5 Å². The number of fused-ring (bicyclic) bond motifs is 2. The highest BCUT2D eigenvalue weighted by Crippen LogP contribution is 2.48. The molecule has 2 heterocycles. The molecule has 1 N–H and O–H groups in total. The van der Waals surface area contributed by atoms with E-state index in [4.69, 9.17) is 18.9 Å². The fourth-order valence-electron chi connectivity index (χ4n) is 5.06. The van der Waals surface area contributed by atoms with Crippen molar-refractivity contribution < 1.29 is 38.4 Å². The van der Waals surface area contributed by atoms with Crippen LogP contribution in [0.15, 0.2) is 30.3 Å². The van der Waals surface area contributed by atoms with Crippen LogP contribution in [0, 0.1) is 0 Å². The molecular weight excluding hydrogens is 500 g/mol. The maximum atomic E-state index is 13.4. The van der Waals surface area contributed by atoms with Gasteiger partial charge in [-0.05, 0) is 75.8 Å². The molecule has 2 atom stereocenters. The zero-order chi connectivity index (χ0) is 28.1. The zero-order valence-corrected chi connectivity index (χ0v) is 23.0. The third-order valence-electron chi connectivity index (χ3n) is 6.93. The molecule has 8 nitrogen and oxygen atoms in total. The van der Waals surface area contributed by atoms with Crippen molar-refractivity contribution >= 4 is 23.8 Å². The predicted octanol–water partition coefficient (Wildman–Crippen LogP) is 6.11. The number of rotatable bonds is 4. The molecule has 0 saturated heterocycles. The van der Waals surface area contributed by atoms with Gasteiger partial charge in [0.15, 0.2) is 11.5 Å². The largest absolute Gasteiger partial charge is 0.507 e. The maximum Gasteiger partial charge on any atom is 0.342 e. The fraction of sp³-hybridized carbons (Fsp3) is 0.452. The lowest BCUT2D eigenvalue weighted by Crippen LogP contribution is -2.23. The molecule has 8 heteroatoms. The second kappa shape index (κ2) is 12.4. The molecule has 39 heavy (non-hydrogen) atoms. The van der Waals surface area contributed by atoms with E-state index in [1.807, 2.05) is 26.0 Å². The molecule has 0 saturated carbocycles. The molecule has 2 aliphatic rings. The highest BCUT2D eigenvalue weighted by molar-refractivity contribution is 5.98. The number of benzene rings is 2. The number of hydrogen-bond acceptors (Lipinski definition) is 8. The van der Waals surface area contributed by atoms with Crippen LogP contribution in [0.5, 0.6) is 23.0 Å². The van der Waals surface area contributed by atoms with Gasteiger partial charge in [0.25, 0.3) is 0 Å². The van der Waals surface area contributed by atoms with Crippen LogP contribution < -0.4 is 14.2 Å². The molecule has 2 aromatic rings. The van der Waals surface area contributed by atoms with Crippen molar-refractivity contribution in [3.05, 3.63) is 52.6 Å². The number of hydrogen-bond donors (Lipinski definition) is 1. The van der Waals surface area contributed by atoms with Gasteiger partial charge in [0.1, 0.15) is 22.8 Å². The van der Waals surface area contributed by atoms with Crippen LogP contribution in [-0.4, -0.2) is 42.1 Å². The minimum absolute atomic E-state index is 0.0256. The number of carbonyl (C=O) groups is 3. The first-order valence-electron chi connectivity index (χ1n) is 13.5. The number of carbonyl (C=O) groups excluding carboxylic acids is 3. The molecule has 4 rings (SSSR count). The SMILES string of the molecule is COc1cc([C@H]2CC(=O)Oc3cc4c(c(O)c32)C(=O)O[C@H](C)CCCC(=O)CCCC=C4)ccc1OC(C)C. The summed E-state index contributed by atoms with van der Waals surface area (Å²) in [5, 5.41) is 11.6. The van der Waals surface area contributed by atoms with E-state index in [-0.39, 0.29) is 35.4 Å². The monoisotopic (exact) mass is 536 g/mol. The Labute approximate surface area is 228 Å². The summed E-state index contributed by atoms with van der Waals surface area (Å²) >= 11 is 0.